The summed E-state index contributed by atoms with van der Waals surface area (Å²) in [6.45, 7) is 2.81. The highest BCUT2D eigenvalue weighted by Gasteiger charge is 2.22. The van der Waals surface area contributed by atoms with Crippen LogP contribution in [0.3, 0.4) is 0 Å². The molecule has 1 aliphatic rings. The van der Waals surface area contributed by atoms with Crippen LogP contribution in [0.1, 0.15) is 19.8 Å². The van der Waals surface area contributed by atoms with Gasteiger partial charge in [-0.05, 0) is 19.8 Å². The Bertz CT molecular complexity index is 155. The first kappa shape index (κ1) is 9.48. The van der Waals surface area contributed by atoms with Crippen LogP contribution in [0.15, 0.2) is 0 Å². The molecule has 1 aliphatic heterocycles. The van der Waals surface area contributed by atoms with Gasteiger partial charge >= 0.3 is 0 Å². The smallest absolute Gasteiger partial charge is 0.234 e. The van der Waals surface area contributed by atoms with E-state index in [1.54, 1.807) is 0 Å². The van der Waals surface area contributed by atoms with Gasteiger partial charge in [-0.3, -0.25) is 4.79 Å². The second-order valence-electron chi connectivity index (χ2n) is 3.11. The van der Waals surface area contributed by atoms with Crippen LogP contribution in [0.25, 0.3) is 0 Å². The van der Waals surface area contributed by atoms with Gasteiger partial charge in [-0.1, -0.05) is 0 Å². The Morgan fingerprint density at radius 3 is 3.08 bits per heavy atom. The van der Waals surface area contributed by atoms with Crippen LogP contribution in [0.5, 0.6) is 0 Å². The summed E-state index contributed by atoms with van der Waals surface area (Å²) in [5, 5.41) is 2.78. The van der Waals surface area contributed by atoms with Gasteiger partial charge in [0.15, 0.2) is 0 Å². The third kappa shape index (κ3) is 2.46. The minimum atomic E-state index is -0.113. The van der Waals surface area contributed by atoms with Crippen LogP contribution >= 0.6 is 0 Å². The van der Waals surface area contributed by atoms with E-state index in [9.17, 15) is 4.79 Å². The first-order valence-corrected chi connectivity index (χ1v) is 4.35. The Labute approximate surface area is 72.5 Å². The van der Waals surface area contributed by atoms with Crippen molar-refractivity contribution >= 4 is 5.91 Å². The lowest BCUT2D eigenvalue weighted by Gasteiger charge is -2.19. The molecule has 3 N–H and O–H groups in total. The molecule has 12 heavy (non-hydrogen) atoms. The Morgan fingerprint density at radius 2 is 2.58 bits per heavy atom. The van der Waals surface area contributed by atoms with E-state index >= 15 is 0 Å². The van der Waals surface area contributed by atoms with Gasteiger partial charge in [0.1, 0.15) is 0 Å². The number of hydrogen-bond acceptors (Lipinski definition) is 3. The fourth-order valence-corrected chi connectivity index (χ4v) is 1.40. The maximum absolute atomic E-state index is 10.9. The summed E-state index contributed by atoms with van der Waals surface area (Å²) in [4.78, 5) is 10.9. The number of nitrogens with two attached hydrogens (primary N) is 1. The Hall–Kier alpha value is -0.610. The normalized spacial score (nSPS) is 25.3. The summed E-state index contributed by atoms with van der Waals surface area (Å²) in [6, 6.07) is 0.0866. The molecular weight excluding hydrogens is 156 g/mol. The van der Waals surface area contributed by atoms with Gasteiger partial charge in [0.05, 0.1) is 18.7 Å². The standard InChI is InChI=1S/C8H16N2O2/c1-6(10-8(11)5-9)7-3-2-4-12-7/h6-7H,2-5,9H2,1H3,(H,10,11). The van der Waals surface area contributed by atoms with Crippen molar-refractivity contribution in [2.24, 2.45) is 5.73 Å². The highest BCUT2D eigenvalue weighted by molar-refractivity contribution is 5.78. The lowest BCUT2D eigenvalue weighted by atomic mass is 10.1. The third-order valence-electron chi connectivity index (χ3n) is 2.10. The summed E-state index contributed by atoms with van der Waals surface area (Å²) in [5.41, 5.74) is 5.17. The van der Waals surface area contributed by atoms with Gasteiger partial charge in [0.2, 0.25) is 5.91 Å². The van der Waals surface area contributed by atoms with E-state index in [0.29, 0.717) is 0 Å². The van der Waals surface area contributed by atoms with E-state index in [4.69, 9.17) is 10.5 Å². The molecule has 0 spiro atoms. The molecule has 0 aromatic rings. The topological polar surface area (TPSA) is 64.4 Å². The zero-order valence-corrected chi connectivity index (χ0v) is 7.38. The Morgan fingerprint density at radius 1 is 1.83 bits per heavy atom. The van der Waals surface area contributed by atoms with Gasteiger partial charge in [-0.25, -0.2) is 0 Å². The van der Waals surface area contributed by atoms with Crippen LogP contribution in [0, 0.1) is 0 Å². The Kier molecular flexibility index (Phi) is 3.49. The molecule has 2 unspecified atom stereocenters. The molecule has 4 nitrogen and oxygen atoms in total. The fourth-order valence-electron chi connectivity index (χ4n) is 1.40. The molecule has 1 fully saturated rings. The van der Waals surface area contributed by atoms with E-state index in [1.165, 1.54) is 0 Å². The molecule has 2 atom stereocenters. The van der Waals surface area contributed by atoms with E-state index in [-0.39, 0.29) is 24.6 Å². The van der Waals surface area contributed by atoms with E-state index in [2.05, 4.69) is 5.32 Å². The summed E-state index contributed by atoms with van der Waals surface area (Å²) in [6.07, 6.45) is 2.31. The van der Waals surface area contributed by atoms with Crippen LogP contribution < -0.4 is 11.1 Å². The second-order valence-corrected chi connectivity index (χ2v) is 3.11. The SMILES string of the molecule is CC(NC(=O)CN)C1CCCO1. The quantitative estimate of drug-likeness (QED) is 0.610. The van der Waals surface area contributed by atoms with Gasteiger partial charge in [-0.2, -0.15) is 0 Å². The second kappa shape index (κ2) is 4.42. The number of carbonyl (C=O) groups excluding carboxylic acids is 1. The Balaban J connectivity index is 2.26. The molecule has 0 saturated carbocycles. The largest absolute Gasteiger partial charge is 0.376 e. The summed E-state index contributed by atoms with van der Waals surface area (Å²) in [5.74, 6) is -0.113. The number of nitrogens with one attached hydrogen (secondary N) is 1. The van der Waals surface area contributed by atoms with Crippen molar-refractivity contribution in [2.75, 3.05) is 13.2 Å². The zero-order valence-electron chi connectivity index (χ0n) is 7.38. The first-order valence-electron chi connectivity index (χ1n) is 4.35. The molecule has 0 aromatic carbocycles. The minimum absolute atomic E-state index is 0.0526. The van der Waals surface area contributed by atoms with Crippen LogP contribution in [-0.2, 0) is 9.53 Å². The summed E-state index contributed by atoms with van der Waals surface area (Å²) in [7, 11) is 0. The van der Waals surface area contributed by atoms with E-state index in [1.807, 2.05) is 6.92 Å². The van der Waals surface area contributed by atoms with Crippen LogP contribution in [0.2, 0.25) is 0 Å². The van der Waals surface area contributed by atoms with Gasteiger partial charge in [0, 0.05) is 6.61 Å². The van der Waals surface area contributed by atoms with Crippen molar-refractivity contribution < 1.29 is 9.53 Å². The molecule has 1 rings (SSSR count). The molecule has 1 heterocycles. The fraction of sp³-hybridized carbons (Fsp3) is 0.875. The van der Waals surface area contributed by atoms with Crippen molar-refractivity contribution in [2.45, 2.75) is 31.9 Å². The van der Waals surface area contributed by atoms with Crippen molar-refractivity contribution in [1.82, 2.24) is 5.32 Å². The number of hydrogen-bond donors (Lipinski definition) is 2. The van der Waals surface area contributed by atoms with Crippen LogP contribution in [-0.4, -0.2) is 31.2 Å². The number of ether oxygens (including phenoxy) is 1. The summed E-state index contributed by atoms with van der Waals surface area (Å²) >= 11 is 0. The molecule has 1 amide bonds. The van der Waals surface area contributed by atoms with Crippen molar-refractivity contribution in [3.05, 3.63) is 0 Å². The predicted octanol–water partition coefficient (Wildman–Crippen LogP) is -0.371. The van der Waals surface area contributed by atoms with Gasteiger partial charge in [-0.15, -0.1) is 0 Å². The molecule has 1 saturated heterocycles. The monoisotopic (exact) mass is 172 g/mol. The van der Waals surface area contributed by atoms with E-state index < -0.39 is 0 Å². The molecule has 0 bridgehead atoms. The van der Waals surface area contributed by atoms with E-state index in [0.717, 1.165) is 19.4 Å². The molecular formula is C8H16N2O2. The lowest BCUT2D eigenvalue weighted by molar-refractivity contribution is -0.121. The number of amides is 1. The molecule has 0 aliphatic carbocycles. The zero-order chi connectivity index (χ0) is 8.97. The van der Waals surface area contributed by atoms with Gasteiger partial charge in [0.25, 0.3) is 0 Å². The lowest BCUT2D eigenvalue weighted by Crippen LogP contribution is -2.43. The van der Waals surface area contributed by atoms with Crippen molar-refractivity contribution in [3.8, 4) is 0 Å². The minimum Gasteiger partial charge on any atom is -0.376 e. The summed E-state index contributed by atoms with van der Waals surface area (Å²) < 4.78 is 5.40. The van der Waals surface area contributed by atoms with Crippen molar-refractivity contribution in [1.29, 1.82) is 0 Å². The average Bonchev–Trinajstić information content (AvgIpc) is 2.56. The maximum atomic E-state index is 10.9. The number of carbonyl (C=O) groups is 1. The molecule has 70 valence electrons. The first-order chi connectivity index (χ1) is 5.74. The maximum Gasteiger partial charge on any atom is 0.234 e. The molecule has 0 aromatic heterocycles. The third-order valence-corrected chi connectivity index (χ3v) is 2.10. The van der Waals surface area contributed by atoms with Crippen molar-refractivity contribution in [3.63, 3.8) is 0 Å². The highest BCUT2D eigenvalue weighted by atomic mass is 16.5. The van der Waals surface area contributed by atoms with Gasteiger partial charge < -0.3 is 15.8 Å². The molecule has 0 radical (unpaired) electrons. The predicted molar refractivity (Wildman–Crippen MR) is 45.6 cm³/mol. The molecule has 4 heteroatoms. The number of rotatable bonds is 3. The highest BCUT2D eigenvalue weighted by Crippen LogP contribution is 2.14. The van der Waals surface area contributed by atoms with Crippen LogP contribution in [0.4, 0.5) is 0 Å². The average molecular weight is 172 g/mol.